The molecule has 0 fully saturated rings. The molecule has 6 heteroatoms. The lowest BCUT2D eigenvalue weighted by atomic mass is 9.82. The van der Waals surface area contributed by atoms with Crippen molar-refractivity contribution in [2.24, 2.45) is 0 Å². The third kappa shape index (κ3) is 5.88. The molecule has 3 rings (SSSR count). The normalized spacial score (nSPS) is 15.8. The third-order valence-electron chi connectivity index (χ3n) is 5.19. The lowest BCUT2D eigenvalue weighted by Crippen LogP contribution is -2.35. The molecular weight excluding hydrogens is 383 g/mol. The number of carbonyl (C=O) groups excluding carboxylic acids is 1. The first-order valence-corrected chi connectivity index (χ1v) is 10.4. The highest BCUT2D eigenvalue weighted by Crippen LogP contribution is 2.33. The topological polar surface area (TPSA) is 59.6 Å². The molecule has 2 aromatic rings. The summed E-state index contributed by atoms with van der Waals surface area (Å²) in [5, 5.41) is 6.31. The van der Waals surface area contributed by atoms with Crippen LogP contribution in [-0.4, -0.2) is 25.3 Å². The van der Waals surface area contributed by atoms with Gasteiger partial charge in [0.25, 0.3) is 0 Å². The van der Waals surface area contributed by atoms with Crippen LogP contribution < -0.4 is 15.4 Å². The average molecular weight is 415 g/mol. The Morgan fingerprint density at radius 3 is 2.73 bits per heavy atom. The fourth-order valence-corrected chi connectivity index (χ4v) is 3.78. The van der Waals surface area contributed by atoms with E-state index in [-0.39, 0.29) is 23.6 Å². The molecule has 0 saturated heterocycles. The number of nitrogens with one attached hydrogen (secondary N) is 2. The van der Waals surface area contributed by atoms with E-state index >= 15 is 0 Å². The van der Waals surface area contributed by atoms with Crippen LogP contribution in [0.5, 0.6) is 5.75 Å². The van der Waals surface area contributed by atoms with Crippen molar-refractivity contribution in [2.75, 3.05) is 19.0 Å². The Labute approximate surface area is 178 Å². The standard InChI is InChI=1S/C24H31FN2O3/c1-24(2,3)30-23(28)27-15-18-7-5-6-17-13-19(9-10-20(17)18)26-14-16-8-11-21(25)22(12-16)29-4/h8-13,18,26H,5-7,14-15H2,1-4H3,(H,27,28)/t18-/m0/s1. The zero-order valence-electron chi connectivity index (χ0n) is 18.2. The molecule has 2 N–H and O–H groups in total. The first-order chi connectivity index (χ1) is 14.2. The second-order valence-corrected chi connectivity index (χ2v) is 8.71. The fourth-order valence-electron chi connectivity index (χ4n) is 3.78. The van der Waals surface area contributed by atoms with Gasteiger partial charge in [-0.25, -0.2) is 9.18 Å². The number of alkyl carbamates (subject to hydrolysis) is 1. The molecule has 0 aliphatic heterocycles. The zero-order chi connectivity index (χ0) is 21.7. The number of fused-ring (bicyclic) bond motifs is 1. The zero-order valence-corrected chi connectivity index (χ0v) is 18.2. The summed E-state index contributed by atoms with van der Waals surface area (Å²) in [4.78, 5) is 12.0. The van der Waals surface area contributed by atoms with Gasteiger partial charge in [-0.3, -0.25) is 0 Å². The summed E-state index contributed by atoms with van der Waals surface area (Å²) in [6.07, 6.45) is 2.79. The molecule has 0 aromatic heterocycles. The van der Waals surface area contributed by atoms with E-state index < -0.39 is 5.60 Å². The van der Waals surface area contributed by atoms with E-state index in [1.165, 1.54) is 24.3 Å². The van der Waals surface area contributed by atoms with Crippen LogP contribution in [0.15, 0.2) is 36.4 Å². The molecule has 2 aromatic carbocycles. The van der Waals surface area contributed by atoms with Crippen molar-refractivity contribution in [3.05, 3.63) is 58.9 Å². The van der Waals surface area contributed by atoms with E-state index in [2.05, 4.69) is 28.8 Å². The first kappa shape index (κ1) is 21.9. The molecule has 1 aliphatic carbocycles. The van der Waals surface area contributed by atoms with Crippen molar-refractivity contribution >= 4 is 11.8 Å². The van der Waals surface area contributed by atoms with Crippen molar-refractivity contribution in [2.45, 2.75) is 58.1 Å². The molecule has 0 unspecified atom stereocenters. The van der Waals surface area contributed by atoms with Crippen molar-refractivity contribution in [3.63, 3.8) is 0 Å². The number of anilines is 1. The summed E-state index contributed by atoms with van der Waals surface area (Å²) in [7, 11) is 1.47. The van der Waals surface area contributed by atoms with E-state index in [1.54, 1.807) is 12.1 Å². The highest BCUT2D eigenvalue weighted by atomic mass is 19.1. The van der Waals surface area contributed by atoms with Gasteiger partial charge in [-0.2, -0.15) is 0 Å². The summed E-state index contributed by atoms with van der Waals surface area (Å²) in [6, 6.07) is 11.3. The lowest BCUT2D eigenvalue weighted by molar-refractivity contribution is 0.0523. The Morgan fingerprint density at radius 1 is 1.20 bits per heavy atom. The van der Waals surface area contributed by atoms with Crippen molar-refractivity contribution < 1.29 is 18.7 Å². The molecule has 0 heterocycles. The maximum atomic E-state index is 13.6. The van der Waals surface area contributed by atoms with Crippen LogP contribution in [0.3, 0.4) is 0 Å². The van der Waals surface area contributed by atoms with Gasteiger partial charge in [0.1, 0.15) is 5.60 Å². The van der Waals surface area contributed by atoms with Gasteiger partial charge >= 0.3 is 6.09 Å². The predicted molar refractivity (Wildman–Crippen MR) is 117 cm³/mol. The van der Waals surface area contributed by atoms with Gasteiger partial charge in [-0.1, -0.05) is 12.1 Å². The minimum atomic E-state index is -0.496. The van der Waals surface area contributed by atoms with Crippen LogP contribution in [0.4, 0.5) is 14.9 Å². The number of methoxy groups -OCH3 is 1. The quantitative estimate of drug-likeness (QED) is 0.665. The van der Waals surface area contributed by atoms with Gasteiger partial charge in [0.15, 0.2) is 11.6 Å². The second-order valence-electron chi connectivity index (χ2n) is 8.71. The van der Waals surface area contributed by atoms with E-state index in [0.717, 1.165) is 30.5 Å². The molecule has 0 bridgehead atoms. The largest absolute Gasteiger partial charge is 0.494 e. The number of rotatable bonds is 6. The van der Waals surface area contributed by atoms with E-state index in [1.807, 2.05) is 20.8 Å². The maximum absolute atomic E-state index is 13.6. The summed E-state index contributed by atoms with van der Waals surface area (Å²) >= 11 is 0. The van der Waals surface area contributed by atoms with Gasteiger partial charge < -0.3 is 20.1 Å². The Kier molecular flexibility index (Phi) is 6.85. The summed E-state index contributed by atoms with van der Waals surface area (Å²) < 4.78 is 24.0. The number of ether oxygens (including phenoxy) is 2. The molecule has 30 heavy (non-hydrogen) atoms. The van der Waals surface area contributed by atoms with Crippen LogP contribution in [-0.2, 0) is 17.7 Å². The summed E-state index contributed by atoms with van der Waals surface area (Å²) in [6.45, 7) is 6.74. The Morgan fingerprint density at radius 2 is 2.00 bits per heavy atom. The number of benzene rings is 2. The average Bonchev–Trinajstić information content (AvgIpc) is 2.70. The monoisotopic (exact) mass is 414 g/mol. The number of amides is 1. The highest BCUT2D eigenvalue weighted by molar-refractivity contribution is 5.67. The number of aryl methyl sites for hydroxylation is 1. The van der Waals surface area contributed by atoms with Crippen LogP contribution in [0.2, 0.25) is 0 Å². The summed E-state index contributed by atoms with van der Waals surface area (Å²) in [5.74, 6) is 0.179. The summed E-state index contributed by atoms with van der Waals surface area (Å²) in [5.41, 5.74) is 4.07. The van der Waals surface area contributed by atoms with E-state index in [4.69, 9.17) is 9.47 Å². The van der Waals surface area contributed by atoms with Crippen LogP contribution in [0.25, 0.3) is 0 Å². The van der Waals surface area contributed by atoms with Crippen molar-refractivity contribution in [3.8, 4) is 5.75 Å². The lowest BCUT2D eigenvalue weighted by Gasteiger charge is -2.27. The maximum Gasteiger partial charge on any atom is 0.407 e. The van der Waals surface area contributed by atoms with Crippen LogP contribution >= 0.6 is 0 Å². The van der Waals surface area contributed by atoms with Gasteiger partial charge in [-0.15, -0.1) is 0 Å². The smallest absolute Gasteiger partial charge is 0.407 e. The Balaban J connectivity index is 1.61. The molecule has 1 aliphatic rings. The highest BCUT2D eigenvalue weighted by Gasteiger charge is 2.22. The van der Waals surface area contributed by atoms with Crippen LogP contribution in [0, 0.1) is 5.82 Å². The van der Waals surface area contributed by atoms with Gasteiger partial charge in [0, 0.05) is 24.7 Å². The molecule has 162 valence electrons. The van der Waals surface area contributed by atoms with Gasteiger partial charge in [-0.05, 0) is 81.0 Å². The molecule has 0 radical (unpaired) electrons. The molecule has 1 atom stereocenters. The predicted octanol–water partition coefficient (Wildman–Crippen LogP) is 5.39. The van der Waals surface area contributed by atoms with Gasteiger partial charge in [0.05, 0.1) is 7.11 Å². The molecular formula is C24H31FN2O3. The SMILES string of the molecule is COc1cc(CNc2ccc3c(c2)CCC[C@H]3CNC(=O)OC(C)(C)C)ccc1F. The van der Waals surface area contributed by atoms with Crippen molar-refractivity contribution in [1.82, 2.24) is 5.32 Å². The molecule has 0 saturated carbocycles. The van der Waals surface area contributed by atoms with E-state index in [9.17, 15) is 9.18 Å². The first-order valence-electron chi connectivity index (χ1n) is 10.4. The Hall–Kier alpha value is -2.76. The number of hydrogen-bond acceptors (Lipinski definition) is 4. The number of carbonyl (C=O) groups is 1. The van der Waals surface area contributed by atoms with Crippen molar-refractivity contribution in [1.29, 1.82) is 0 Å². The van der Waals surface area contributed by atoms with Crippen LogP contribution in [0.1, 0.15) is 56.2 Å². The molecule has 1 amide bonds. The van der Waals surface area contributed by atoms with Gasteiger partial charge in [0.2, 0.25) is 0 Å². The number of halogens is 1. The second kappa shape index (κ2) is 9.37. The fraction of sp³-hybridized carbons (Fsp3) is 0.458. The van der Waals surface area contributed by atoms with E-state index in [0.29, 0.717) is 13.1 Å². The number of hydrogen-bond donors (Lipinski definition) is 2. The molecule has 5 nitrogen and oxygen atoms in total. The minimum Gasteiger partial charge on any atom is -0.494 e. The third-order valence-corrected chi connectivity index (χ3v) is 5.19. The Bertz CT molecular complexity index is 893. The molecule has 0 spiro atoms. The minimum absolute atomic E-state index is 0.250.